The average molecular weight is 321 g/mol. The third-order valence-electron chi connectivity index (χ3n) is 3.71. The standard InChI is InChI=1S/C15H16FN3O2S/c16-11-9-10(19(20)21)5-6-12(11)17-8-7-15-18-13-3-1-2-4-14(13)22-15/h5-6,9,17H,1-4,7-8H2. The fraction of sp³-hybridized carbons (Fsp3) is 0.400. The summed E-state index contributed by atoms with van der Waals surface area (Å²) >= 11 is 1.75. The summed E-state index contributed by atoms with van der Waals surface area (Å²) < 4.78 is 13.7. The molecule has 5 nitrogen and oxygen atoms in total. The van der Waals surface area contributed by atoms with Gasteiger partial charge in [-0.1, -0.05) is 0 Å². The Hall–Kier alpha value is -2.02. The molecule has 0 amide bonds. The van der Waals surface area contributed by atoms with Gasteiger partial charge in [-0.2, -0.15) is 0 Å². The van der Waals surface area contributed by atoms with Gasteiger partial charge in [0.05, 0.1) is 27.4 Å². The summed E-state index contributed by atoms with van der Waals surface area (Å²) in [6.45, 7) is 0.557. The van der Waals surface area contributed by atoms with E-state index < -0.39 is 10.7 Å². The number of rotatable bonds is 5. The van der Waals surface area contributed by atoms with Crippen LogP contribution in [0.1, 0.15) is 28.4 Å². The first kappa shape index (κ1) is 14.9. The van der Waals surface area contributed by atoms with Crippen LogP contribution in [0.2, 0.25) is 0 Å². The van der Waals surface area contributed by atoms with Crippen molar-refractivity contribution in [3.8, 4) is 0 Å². The number of nitrogens with one attached hydrogen (secondary N) is 1. The van der Waals surface area contributed by atoms with Crippen LogP contribution in [0, 0.1) is 15.9 Å². The van der Waals surface area contributed by atoms with E-state index in [1.165, 1.54) is 35.5 Å². The molecule has 7 heteroatoms. The third kappa shape index (κ3) is 3.24. The summed E-state index contributed by atoms with van der Waals surface area (Å²) in [5, 5.41) is 14.6. The molecule has 1 heterocycles. The summed E-state index contributed by atoms with van der Waals surface area (Å²) in [5.41, 5.74) is 1.27. The van der Waals surface area contributed by atoms with Crippen LogP contribution in [-0.4, -0.2) is 16.5 Å². The van der Waals surface area contributed by atoms with Crippen LogP contribution in [0.15, 0.2) is 18.2 Å². The minimum absolute atomic E-state index is 0.240. The number of nitrogens with zero attached hydrogens (tertiary/aromatic N) is 2. The molecular weight excluding hydrogens is 305 g/mol. The number of hydrogen-bond donors (Lipinski definition) is 1. The summed E-state index contributed by atoms with van der Waals surface area (Å²) in [6.07, 6.45) is 5.37. The highest BCUT2D eigenvalue weighted by molar-refractivity contribution is 7.11. The number of fused-ring (bicyclic) bond motifs is 1. The van der Waals surface area contributed by atoms with E-state index in [2.05, 4.69) is 10.3 Å². The Balaban J connectivity index is 1.59. The van der Waals surface area contributed by atoms with Gasteiger partial charge < -0.3 is 5.32 Å². The number of halogens is 1. The van der Waals surface area contributed by atoms with Gasteiger partial charge in [0.2, 0.25) is 0 Å². The van der Waals surface area contributed by atoms with Gasteiger partial charge in [-0.3, -0.25) is 10.1 Å². The molecule has 22 heavy (non-hydrogen) atoms. The molecule has 2 aromatic rings. The van der Waals surface area contributed by atoms with Crippen molar-refractivity contribution in [3.63, 3.8) is 0 Å². The second-order valence-corrected chi connectivity index (χ2v) is 6.45. The average Bonchev–Trinajstić information content (AvgIpc) is 2.91. The molecule has 0 radical (unpaired) electrons. The van der Waals surface area contributed by atoms with Crippen LogP contribution >= 0.6 is 11.3 Å². The summed E-state index contributed by atoms with van der Waals surface area (Å²) in [4.78, 5) is 16.0. The van der Waals surface area contributed by atoms with Gasteiger partial charge in [0.25, 0.3) is 5.69 Å². The topological polar surface area (TPSA) is 68.1 Å². The molecular formula is C15H16FN3O2S. The predicted octanol–water partition coefficient (Wildman–Crippen LogP) is 3.72. The Bertz CT molecular complexity index is 679. The van der Waals surface area contributed by atoms with Crippen molar-refractivity contribution in [1.29, 1.82) is 0 Å². The highest BCUT2D eigenvalue weighted by Crippen LogP contribution is 2.27. The fourth-order valence-electron chi connectivity index (χ4n) is 2.58. The van der Waals surface area contributed by atoms with Gasteiger partial charge >= 0.3 is 0 Å². The van der Waals surface area contributed by atoms with E-state index in [-0.39, 0.29) is 11.4 Å². The Labute approximate surface area is 131 Å². The molecule has 0 unspecified atom stereocenters. The molecule has 1 aromatic carbocycles. The number of aryl methyl sites for hydroxylation is 2. The first-order chi connectivity index (χ1) is 10.6. The lowest BCUT2D eigenvalue weighted by molar-refractivity contribution is -0.385. The van der Waals surface area contributed by atoms with Crippen molar-refractivity contribution in [2.45, 2.75) is 32.1 Å². The van der Waals surface area contributed by atoms with E-state index in [9.17, 15) is 14.5 Å². The maximum atomic E-state index is 13.7. The Morgan fingerprint density at radius 1 is 1.36 bits per heavy atom. The van der Waals surface area contributed by atoms with Crippen LogP contribution in [0.3, 0.4) is 0 Å². The van der Waals surface area contributed by atoms with Crippen LogP contribution in [0.4, 0.5) is 15.8 Å². The molecule has 0 saturated heterocycles. The number of hydrogen-bond acceptors (Lipinski definition) is 5. The minimum atomic E-state index is -0.604. The SMILES string of the molecule is O=[N+]([O-])c1ccc(NCCc2nc3c(s2)CCCC3)c(F)c1. The van der Waals surface area contributed by atoms with Crippen LogP contribution in [-0.2, 0) is 19.3 Å². The van der Waals surface area contributed by atoms with Gasteiger partial charge in [-0.25, -0.2) is 9.37 Å². The molecule has 0 fully saturated rings. The molecule has 0 aliphatic heterocycles. The molecule has 1 aliphatic rings. The largest absolute Gasteiger partial charge is 0.382 e. The zero-order valence-corrected chi connectivity index (χ0v) is 12.8. The van der Waals surface area contributed by atoms with Gasteiger partial charge in [-0.15, -0.1) is 11.3 Å². The Morgan fingerprint density at radius 2 is 2.18 bits per heavy atom. The van der Waals surface area contributed by atoms with E-state index in [0.29, 0.717) is 6.54 Å². The quantitative estimate of drug-likeness (QED) is 0.673. The van der Waals surface area contributed by atoms with Gasteiger partial charge in [0.15, 0.2) is 5.82 Å². The molecule has 0 atom stereocenters. The number of nitro benzene ring substituents is 1. The smallest absolute Gasteiger partial charge is 0.272 e. The monoisotopic (exact) mass is 321 g/mol. The number of aromatic nitrogens is 1. The first-order valence-electron chi connectivity index (χ1n) is 7.29. The molecule has 1 N–H and O–H groups in total. The molecule has 116 valence electrons. The maximum Gasteiger partial charge on any atom is 0.272 e. The van der Waals surface area contributed by atoms with Crippen molar-refractivity contribution in [3.05, 3.63) is 49.7 Å². The highest BCUT2D eigenvalue weighted by atomic mass is 32.1. The number of non-ortho nitro benzene ring substituents is 1. The Kier molecular flexibility index (Phi) is 4.33. The zero-order chi connectivity index (χ0) is 15.5. The normalized spacial score (nSPS) is 13.7. The van der Waals surface area contributed by atoms with Crippen molar-refractivity contribution in [2.24, 2.45) is 0 Å². The van der Waals surface area contributed by atoms with Crippen molar-refractivity contribution in [2.75, 3.05) is 11.9 Å². The van der Waals surface area contributed by atoms with Crippen molar-refractivity contribution >= 4 is 22.7 Å². The lowest BCUT2D eigenvalue weighted by atomic mass is 10.0. The van der Waals surface area contributed by atoms with Gasteiger partial charge in [-0.05, 0) is 31.7 Å². The van der Waals surface area contributed by atoms with E-state index >= 15 is 0 Å². The van der Waals surface area contributed by atoms with Gasteiger partial charge in [0.1, 0.15) is 0 Å². The van der Waals surface area contributed by atoms with E-state index in [1.807, 2.05) is 0 Å². The number of nitro groups is 1. The lowest BCUT2D eigenvalue weighted by Gasteiger charge is -2.06. The van der Waals surface area contributed by atoms with Crippen molar-refractivity contribution < 1.29 is 9.31 Å². The molecule has 3 rings (SSSR count). The highest BCUT2D eigenvalue weighted by Gasteiger charge is 2.15. The van der Waals surface area contributed by atoms with Crippen LogP contribution in [0.25, 0.3) is 0 Å². The molecule has 0 bridgehead atoms. The summed E-state index contributed by atoms with van der Waals surface area (Å²) in [7, 11) is 0. The zero-order valence-electron chi connectivity index (χ0n) is 12.0. The van der Waals surface area contributed by atoms with E-state index in [0.717, 1.165) is 30.3 Å². The first-order valence-corrected chi connectivity index (χ1v) is 8.10. The van der Waals surface area contributed by atoms with Crippen molar-refractivity contribution in [1.82, 2.24) is 4.98 Å². The molecule has 1 aromatic heterocycles. The molecule has 1 aliphatic carbocycles. The van der Waals surface area contributed by atoms with E-state index in [4.69, 9.17) is 0 Å². The van der Waals surface area contributed by atoms with Crippen LogP contribution < -0.4 is 5.32 Å². The molecule has 0 spiro atoms. The van der Waals surface area contributed by atoms with Gasteiger partial charge in [0, 0.05) is 23.9 Å². The minimum Gasteiger partial charge on any atom is -0.382 e. The van der Waals surface area contributed by atoms with E-state index in [1.54, 1.807) is 11.3 Å². The number of anilines is 1. The number of thiazole rings is 1. The summed E-state index contributed by atoms with van der Waals surface area (Å²) in [6, 6.07) is 3.64. The Morgan fingerprint density at radius 3 is 2.91 bits per heavy atom. The third-order valence-corrected chi connectivity index (χ3v) is 4.92. The lowest BCUT2D eigenvalue weighted by Crippen LogP contribution is -2.06. The molecule has 0 saturated carbocycles. The predicted molar refractivity (Wildman–Crippen MR) is 84.0 cm³/mol. The maximum absolute atomic E-state index is 13.7. The van der Waals surface area contributed by atoms with Crippen LogP contribution in [0.5, 0.6) is 0 Å². The second kappa shape index (κ2) is 6.39. The number of benzene rings is 1. The summed E-state index contributed by atoms with van der Waals surface area (Å²) in [5.74, 6) is -0.604. The fourth-order valence-corrected chi connectivity index (χ4v) is 3.73. The second-order valence-electron chi connectivity index (χ2n) is 5.28.